The molecule has 2 aromatic rings. The van der Waals surface area contributed by atoms with Crippen molar-refractivity contribution in [3.8, 4) is 11.9 Å². The smallest absolute Gasteiger partial charge is 0.155 e. The molecule has 0 aliphatic rings. The summed E-state index contributed by atoms with van der Waals surface area (Å²) >= 11 is 0. The van der Waals surface area contributed by atoms with Gasteiger partial charge in [-0.2, -0.15) is 10.4 Å². The molecule has 0 unspecified atom stereocenters. The highest BCUT2D eigenvalue weighted by Crippen LogP contribution is 2.14. The molecular formula is C14H16N4. The van der Waals surface area contributed by atoms with Crippen LogP contribution in [0.3, 0.4) is 0 Å². The van der Waals surface area contributed by atoms with Gasteiger partial charge in [-0.05, 0) is 31.9 Å². The number of nitrogens with zero attached hydrogens (tertiary/aromatic N) is 4. The van der Waals surface area contributed by atoms with Crippen molar-refractivity contribution in [2.24, 2.45) is 0 Å². The molecule has 0 saturated heterocycles. The highest BCUT2D eigenvalue weighted by atomic mass is 15.3. The van der Waals surface area contributed by atoms with Gasteiger partial charge < -0.3 is 0 Å². The average molecular weight is 240 g/mol. The molecule has 2 aromatic heterocycles. The molecule has 2 heterocycles. The highest BCUT2D eigenvalue weighted by molar-refractivity contribution is 5.38. The molecule has 4 heteroatoms. The molecule has 0 bridgehead atoms. The molecule has 0 radical (unpaired) electrons. The summed E-state index contributed by atoms with van der Waals surface area (Å²) in [5, 5.41) is 13.5. The number of pyridine rings is 1. The van der Waals surface area contributed by atoms with Crippen LogP contribution >= 0.6 is 0 Å². The van der Waals surface area contributed by atoms with Crippen LogP contribution in [0, 0.1) is 18.3 Å². The van der Waals surface area contributed by atoms with Crippen LogP contribution in [0.15, 0.2) is 18.2 Å². The number of hydrogen-bond acceptors (Lipinski definition) is 3. The van der Waals surface area contributed by atoms with E-state index in [-0.39, 0.29) is 0 Å². The summed E-state index contributed by atoms with van der Waals surface area (Å²) in [7, 11) is 0. The van der Waals surface area contributed by atoms with Crippen LogP contribution < -0.4 is 0 Å². The molecule has 0 N–H and O–H groups in total. The Kier molecular flexibility index (Phi) is 3.42. The maximum absolute atomic E-state index is 9.00. The first kappa shape index (κ1) is 12.3. The summed E-state index contributed by atoms with van der Waals surface area (Å²) in [6.45, 7) is 6.06. The Morgan fingerprint density at radius 3 is 2.61 bits per heavy atom. The molecule has 0 fully saturated rings. The molecule has 0 aliphatic heterocycles. The topological polar surface area (TPSA) is 54.5 Å². The van der Waals surface area contributed by atoms with E-state index in [0.29, 0.717) is 5.56 Å². The van der Waals surface area contributed by atoms with Gasteiger partial charge in [-0.15, -0.1) is 0 Å². The summed E-state index contributed by atoms with van der Waals surface area (Å²) in [6, 6.07) is 7.80. The summed E-state index contributed by atoms with van der Waals surface area (Å²) in [5.41, 5.74) is 3.62. The second kappa shape index (κ2) is 5.01. The van der Waals surface area contributed by atoms with Crippen LogP contribution in [0.5, 0.6) is 0 Å². The SMILES string of the molecule is CCc1cc(CC)n(-c2cc(C#N)cc(C)n2)n1. The number of hydrogen-bond donors (Lipinski definition) is 0. The third-order valence-corrected chi connectivity index (χ3v) is 2.84. The van der Waals surface area contributed by atoms with Gasteiger partial charge >= 0.3 is 0 Å². The summed E-state index contributed by atoms with van der Waals surface area (Å²) in [6.07, 6.45) is 1.79. The lowest BCUT2D eigenvalue weighted by atomic mass is 10.2. The quantitative estimate of drug-likeness (QED) is 0.828. The maximum atomic E-state index is 9.00. The standard InChI is InChI=1S/C14H16N4/c1-4-12-8-13(5-2)18(17-12)14-7-11(9-15)6-10(3)16-14/h6-8H,4-5H2,1-3H3. The fourth-order valence-electron chi connectivity index (χ4n) is 1.92. The van der Waals surface area contributed by atoms with E-state index < -0.39 is 0 Å². The van der Waals surface area contributed by atoms with Crippen molar-refractivity contribution in [1.29, 1.82) is 5.26 Å². The Labute approximate surface area is 107 Å². The monoisotopic (exact) mass is 240 g/mol. The van der Waals surface area contributed by atoms with Gasteiger partial charge in [0.15, 0.2) is 5.82 Å². The molecule has 0 spiro atoms. The van der Waals surface area contributed by atoms with Crippen LogP contribution in [-0.4, -0.2) is 14.8 Å². The van der Waals surface area contributed by atoms with E-state index in [1.54, 1.807) is 12.1 Å². The van der Waals surface area contributed by atoms with Gasteiger partial charge in [0.2, 0.25) is 0 Å². The normalized spacial score (nSPS) is 10.3. The minimum absolute atomic E-state index is 0.619. The minimum Gasteiger partial charge on any atom is -0.234 e. The lowest BCUT2D eigenvalue weighted by Gasteiger charge is -2.06. The van der Waals surface area contributed by atoms with Crippen LogP contribution in [0.25, 0.3) is 5.82 Å². The van der Waals surface area contributed by atoms with E-state index in [1.807, 2.05) is 11.6 Å². The number of aromatic nitrogens is 3. The molecular weight excluding hydrogens is 224 g/mol. The van der Waals surface area contributed by atoms with E-state index >= 15 is 0 Å². The van der Waals surface area contributed by atoms with Crippen molar-refractivity contribution >= 4 is 0 Å². The molecule has 0 aliphatic carbocycles. The van der Waals surface area contributed by atoms with Crippen molar-refractivity contribution in [3.05, 3.63) is 40.8 Å². The second-order valence-electron chi connectivity index (χ2n) is 4.21. The third-order valence-electron chi connectivity index (χ3n) is 2.84. The maximum Gasteiger partial charge on any atom is 0.155 e. The van der Waals surface area contributed by atoms with Crippen molar-refractivity contribution in [1.82, 2.24) is 14.8 Å². The van der Waals surface area contributed by atoms with Crippen molar-refractivity contribution < 1.29 is 0 Å². The summed E-state index contributed by atoms with van der Waals surface area (Å²) in [5.74, 6) is 0.725. The van der Waals surface area contributed by atoms with E-state index in [1.165, 1.54) is 0 Å². The van der Waals surface area contributed by atoms with E-state index in [9.17, 15) is 0 Å². The van der Waals surface area contributed by atoms with E-state index in [4.69, 9.17) is 5.26 Å². The fraction of sp³-hybridized carbons (Fsp3) is 0.357. The first-order valence-corrected chi connectivity index (χ1v) is 6.15. The second-order valence-corrected chi connectivity index (χ2v) is 4.21. The molecule has 0 atom stereocenters. The van der Waals surface area contributed by atoms with Gasteiger partial charge in [0.1, 0.15) is 0 Å². The van der Waals surface area contributed by atoms with Gasteiger partial charge in [0, 0.05) is 17.5 Å². The zero-order chi connectivity index (χ0) is 13.1. The van der Waals surface area contributed by atoms with Gasteiger partial charge in [-0.3, -0.25) is 0 Å². The fourth-order valence-corrected chi connectivity index (χ4v) is 1.92. The van der Waals surface area contributed by atoms with E-state index in [0.717, 1.165) is 35.7 Å². The molecule has 18 heavy (non-hydrogen) atoms. The largest absolute Gasteiger partial charge is 0.234 e. The van der Waals surface area contributed by atoms with Crippen LogP contribution in [0.4, 0.5) is 0 Å². The Morgan fingerprint density at radius 2 is 2.00 bits per heavy atom. The minimum atomic E-state index is 0.619. The first-order chi connectivity index (χ1) is 8.67. The summed E-state index contributed by atoms with van der Waals surface area (Å²) < 4.78 is 1.84. The average Bonchev–Trinajstić information content (AvgIpc) is 2.81. The van der Waals surface area contributed by atoms with Crippen LogP contribution in [-0.2, 0) is 12.8 Å². The van der Waals surface area contributed by atoms with Crippen molar-refractivity contribution in [2.45, 2.75) is 33.6 Å². The van der Waals surface area contributed by atoms with Gasteiger partial charge in [0.05, 0.1) is 17.3 Å². The Balaban J connectivity index is 2.57. The number of rotatable bonds is 3. The van der Waals surface area contributed by atoms with Crippen LogP contribution in [0.2, 0.25) is 0 Å². The Hall–Kier alpha value is -2.15. The van der Waals surface area contributed by atoms with E-state index in [2.05, 4.69) is 36.1 Å². The zero-order valence-electron chi connectivity index (χ0n) is 10.9. The first-order valence-electron chi connectivity index (χ1n) is 6.15. The van der Waals surface area contributed by atoms with Crippen molar-refractivity contribution in [2.75, 3.05) is 0 Å². The van der Waals surface area contributed by atoms with Gasteiger partial charge in [-0.1, -0.05) is 13.8 Å². The van der Waals surface area contributed by atoms with Crippen molar-refractivity contribution in [3.63, 3.8) is 0 Å². The third kappa shape index (κ3) is 2.25. The van der Waals surface area contributed by atoms with Gasteiger partial charge in [-0.25, -0.2) is 9.67 Å². The predicted molar refractivity (Wildman–Crippen MR) is 69.6 cm³/mol. The molecule has 0 amide bonds. The molecule has 2 rings (SSSR count). The Morgan fingerprint density at radius 1 is 1.22 bits per heavy atom. The molecule has 0 saturated carbocycles. The number of nitriles is 1. The Bertz CT molecular complexity index is 605. The number of aryl methyl sites for hydroxylation is 3. The molecule has 92 valence electrons. The molecule has 4 nitrogen and oxygen atoms in total. The van der Waals surface area contributed by atoms with Crippen LogP contribution in [0.1, 0.15) is 36.5 Å². The highest BCUT2D eigenvalue weighted by Gasteiger charge is 2.09. The lowest BCUT2D eigenvalue weighted by molar-refractivity contribution is 0.768. The zero-order valence-corrected chi connectivity index (χ0v) is 10.9. The molecule has 0 aromatic carbocycles. The van der Waals surface area contributed by atoms with Gasteiger partial charge in [0.25, 0.3) is 0 Å². The summed E-state index contributed by atoms with van der Waals surface area (Å²) in [4.78, 5) is 4.46. The predicted octanol–water partition coefficient (Wildman–Crippen LogP) is 2.57. The lowest BCUT2D eigenvalue weighted by Crippen LogP contribution is -2.05.